The Morgan fingerprint density at radius 3 is 2.81 bits per heavy atom. The van der Waals surface area contributed by atoms with Crippen molar-refractivity contribution < 1.29 is 14.7 Å². The number of carbonyl (C=O) groups excluding carboxylic acids is 1. The van der Waals surface area contributed by atoms with E-state index >= 15 is 0 Å². The highest BCUT2D eigenvalue weighted by Gasteiger charge is 2.36. The first-order valence-corrected chi connectivity index (χ1v) is 8.45. The van der Waals surface area contributed by atoms with Gasteiger partial charge in [0.15, 0.2) is 0 Å². The molecule has 0 aromatic heterocycles. The van der Waals surface area contributed by atoms with Crippen LogP contribution in [0, 0.1) is 0 Å². The number of carboxylic acid groups (broad SMARTS) is 1. The summed E-state index contributed by atoms with van der Waals surface area (Å²) >= 11 is 1.74. The molecular weight excluding hydrogens is 286 g/mol. The van der Waals surface area contributed by atoms with E-state index in [0.29, 0.717) is 6.54 Å². The molecule has 2 heterocycles. The number of hydrogen-bond acceptors (Lipinski definition) is 3. The number of benzene rings is 1. The molecule has 0 bridgehead atoms. The van der Waals surface area contributed by atoms with Crippen LogP contribution in [-0.4, -0.2) is 34.5 Å². The molecular formula is C16H19NO3S. The summed E-state index contributed by atoms with van der Waals surface area (Å²) in [5, 5.41) is 9.10. The second-order valence-electron chi connectivity index (χ2n) is 5.66. The van der Waals surface area contributed by atoms with Gasteiger partial charge in [0.05, 0.1) is 11.7 Å². The summed E-state index contributed by atoms with van der Waals surface area (Å²) in [5.74, 6) is 0.303. The highest BCUT2D eigenvalue weighted by molar-refractivity contribution is 8.00. The molecule has 2 unspecified atom stereocenters. The Bertz CT molecular complexity index is 554. The van der Waals surface area contributed by atoms with Crippen LogP contribution in [0.1, 0.15) is 37.2 Å². The number of para-hydroxylation sites is 1. The van der Waals surface area contributed by atoms with Crippen LogP contribution in [-0.2, 0) is 9.59 Å². The van der Waals surface area contributed by atoms with Crippen molar-refractivity contribution in [2.45, 2.75) is 36.9 Å². The minimum absolute atomic E-state index is 0.0374. The van der Waals surface area contributed by atoms with E-state index in [9.17, 15) is 9.59 Å². The topological polar surface area (TPSA) is 57.6 Å². The van der Waals surface area contributed by atoms with Crippen molar-refractivity contribution in [3.05, 3.63) is 29.8 Å². The first-order valence-electron chi connectivity index (χ1n) is 7.40. The standard InChI is InChI=1S/C16H19NO3S/c18-15(19)9-11-10-17(13-6-2-1-5-12(11)13)16(20)14-7-3-4-8-21-14/h1-2,5-6,11,14H,3-4,7-10H2,(H,18,19). The zero-order valence-electron chi connectivity index (χ0n) is 11.8. The van der Waals surface area contributed by atoms with Crippen LogP contribution in [0.25, 0.3) is 0 Å². The van der Waals surface area contributed by atoms with Crippen LogP contribution in [0.15, 0.2) is 24.3 Å². The van der Waals surface area contributed by atoms with Gasteiger partial charge in [-0.2, -0.15) is 0 Å². The molecule has 2 aliphatic rings. The van der Waals surface area contributed by atoms with Gasteiger partial charge in [0, 0.05) is 18.2 Å². The van der Waals surface area contributed by atoms with Crippen molar-refractivity contribution in [2.24, 2.45) is 0 Å². The first kappa shape index (κ1) is 14.4. The van der Waals surface area contributed by atoms with Crippen molar-refractivity contribution in [1.29, 1.82) is 0 Å². The molecule has 1 aromatic rings. The summed E-state index contributed by atoms with van der Waals surface area (Å²) in [4.78, 5) is 25.6. The van der Waals surface area contributed by atoms with E-state index in [1.54, 1.807) is 11.8 Å². The fourth-order valence-corrected chi connectivity index (χ4v) is 4.46. The van der Waals surface area contributed by atoms with Crippen molar-refractivity contribution in [1.82, 2.24) is 0 Å². The van der Waals surface area contributed by atoms with E-state index in [4.69, 9.17) is 5.11 Å². The summed E-state index contributed by atoms with van der Waals surface area (Å²) in [5.41, 5.74) is 1.90. The molecule has 4 nitrogen and oxygen atoms in total. The first-order chi connectivity index (χ1) is 10.2. The second-order valence-corrected chi connectivity index (χ2v) is 6.97. The van der Waals surface area contributed by atoms with Crippen LogP contribution in [0.2, 0.25) is 0 Å². The fraction of sp³-hybridized carbons (Fsp3) is 0.500. The molecule has 1 aromatic carbocycles. The maximum absolute atomic E-state index is 12.8. The molecule has 5 heteroatoms. The molecule has 112 valence electrons. The second kappa shape index (κ2) is 6.10. The number of nitrogens with zero attached hydrogens (tertiary/aromatic N) is 1. The van der Waals surface area contributed by atoms with Gasteiger partial charge in [-0.25, -0.2) is 0 Å². The number of hydrogen-bond donors (Lipinski definition) is 1. The number of anilines is 1. The third-order valence-electron chi connectivity index (χ3n) is 4.21. The van der Waals surface area contributed by atoms with Gasteiger partial charge in [0.2, 0.25) is 5.91 Å². The lowest BCUT2D eigenvalue weighted by Crippen LogP contribution is -2.38. The minimum Gasteiger partial charge on any atom is -0.481 e. The molecule has 1 N–H and O–H groups in total. The van der Waals surface area contributed by atoms with Crippen LogP contribution in [0.4, 0.5) is 5.69 Å². The van der Waals surface area contributed by atoms with Crippen LogP contribution in [0.5, 0.6) is 0 Å². The van der Waals surface area contributed by atoms with E-state index < -0.39 is 5.97 Å². The van der Waals surface area contributed by atoms with E-state index in [-0.39, 0.29) is 23.5 Å². The normalized spacial score (nSPS) is 24.7. The smallest absolute Gasteiger partial charge is 0.304 e. The van der Waals surface area contributed by atoms with Crippen LogP contribution >= 0.6 is 11.8 Å². The van der Waals surface area contributed by atoms with Gasteiger partial charge in [0.1, 0.15) is 0 Å². The largest absolute Gasteiger partial charge is 0.481 e. The van der Waals surface area contributed by atoms with Gasteiger partial charge >= 0.3 is 5.97 Å². The summed E-state index contributed by atoms with van der Waals surface area (Å²) in [6.45, 7) is 0.502. The predicted molar refractivity (Wildman–Crippen MR) is 83.9 cm³/mol. The highest BCUT2D eigenvalue weighted by Crippen LogP contribution is 2.40. The van der Waals surface area contributed by atoms with Gasteiger partial charge in [-0.05, 0) is 30.2 Å². The van der Waals surface area contributed by atoms with E-state index in [1.165, 1.54) is 6.42 Å². The van der Waals surface area contributed by atoms with E-state index in [1.807, 2.05) is 29.2 Å². The Hall–Kier alpha value is -1.49. The Morgan fingerprint density at radius 1 is 1.29 bits per heavy atom. The lowest BCUT2D eigenvalue weighted by molar-refractivity contribution is -0.137. The van der Waals surface area contributed by atoms with E-state index in [2.05, 4.69) is 0 Å². The lowest BCUT2D eigenvalue weighted by Gasteiger charge is -2.26. The molecule has 0 aliphatic carbocycles. The van der Waals surface area contributed by atoms with Crippen LogP contribution in [0.3, 0.4) is 0 Å². The monoisotopic (exact) mass is 305 g/mol. The number of amides is 1. The molecule has 1 amide bonds. The van der Waals surface area contributed by atoms with Gasteiger partial charge in [0.25, 0.3) is 0 Å². The number of carbonyl (C=O) groups is 2. The quantitative estimate of drug-likeness (QED) is 0.933. The summed E-state index contributed by atoms with van der Waals surface area (Å²) in [6, 6.07) is 7.71. The number of fused-ring (bicyclic) bond motifs is 1. The maximum atomic E-state index is 12.8. The van der Waals surface area contributed by atoms with Gasteiger partial charge in [-0.1, -0.05) is 24.6 Å². The molecule has 1 saturated heterocycles. The van der Waals surface area contributed by atoms with Crippen molar-refractivity contribution in [2.75, 3.05) is 17.2 Å². The zero-order valence-corrected chi connectivity index (χ0v) is 12.6. The molecule has 3 rings (SSSR count). The van der Waals surface area contributed by atoms with Crippen molar-refractivity contribution in [3.8, 4) is 0 Å². The molecule has 1 fully saturated rings. The molecule has 0 saturated carbocycles. The third-order valence-corrected chi connectivity index (χ3v) is 5.58. The maximum Gasteiger partial charge on any atom is 0.304 e. The lowest BCUT2D eigenvalue weighted by atomic mass is 9.98. The number of aliphatic carboxylic acids is 1. The Labute approximate surface area is 128 Å². The van der Waals surface area contributed by atoms with E-state index in [0.717, 1.165) is 29.8 Å². The number of carboxylic acids is 1. The average molecular weight is 305 g/mol. The Balaban J connectivity index is 1.83. The van der Waals surface area contributed by atoms with Crippen LogP contribution < -0.4 is 4.90 Å². The number of rotatable bonds is 3. The zero-order chi connectivity index (χ0) is 14.8. The number of thioether (sulfide) groups is 1. The van der Waals surface area contributed by atoms with Gasteiger partial charge in [-0.3, -0.25) is 9.59 Å². The van der Waals surface area contributed by atoms with Crippen molar-refractivity contribution in [3.63, 3.8) is 0 Å². The fourth-order valence-electron chi connectivity index (χ4n) is 3.20. The predicted octanol–water partition coefficient (Wildman–Crippen LogP) is 2.88. The summed E-state index contributed by atoms with van der Waals surface area (Å²) in [7, 11) is 0. The average Bonchev–Trinajstić information content (AvgIpc) is 2.86. The molecule has 2 atom stereocenters. The molecule has 21 heavy (non-hydrogen) atoms. The minimum atomic E-state index is -0.809. The Morgan fingerprint density at radius 2 is 2.10 bits per heavy atom. The molecule has 0 spiro atoms. The third kappa shape index (κ3) is 2.93. The van der Waals surface area contributed by atoms with Gasteiger partial charge < -0.3 is 10.0 Å². The Kier molecular flexibility index (Phi) is 4.19. The molecule has 0 radical (unpaired) electrons. The van der Waals surface area contributed by atoms with Crippen molar-refractivity contribution >= 4 is 29.3 Å². The highest BCUT2D eigenvalue weighted by atomic mass is 32.2. The summed E-state index contributed by atoms with van der Waals surface area (Å²) < 4.78 is 0. The summed E-state index contributed by atoms with van der Waals surface area (Å²) in [6.07, 6.45) is 3.31. The van der Waals surface area contributed by atoms with Gasteiger partial charge in [-0.15, -0.1) is 11.8 Å². The SMILES string of the molecule is O=C(O)CC1CN(C(=O)C2CCCCS2)c2ccccc21. The molecule has 2 aliphatic heterocycles.